The molecule has 0 saturated heterocycles. The standard InChI is InChI=1S/C18H23N3/c1-13(2)18-19-10-16-7-8-21(12-17(16)20-18)11-15-6-4-5-14(3)9-15/h4-6,9-10,13H,7-8,11-12H2,1-3H3. The van der Waals surface area contributed by atoms with Crippen molar-refractivity contribution >= 4 is 0 Å². The van der Waals surface area contributed by atoms with E-state index in [1.54, 1.807) is 0 Å². The molecule has 0 spiro atoms. The number of rotatable bonds is 3. The van der Waals surface area contributed by atoms with Crippen molar-refractivity contribution in [2.24, 2.45) is 0 Å². The maximum Gasteiger partial charge on any atom is 0.131 e. The van der Waals surface area contributed by atoms with Crippen LogP contribution in [-0.4, -0.2) is 21.4 Å². The predicted octanol–water partition coefficient (Wildman–Crippen LogP) is 3.47. The Morgan fingerprint density at radius 2 is 2.14 bits per heavy atom. The summed E-state index contributed by atoms with van der Waals surface area (Å²) in [6.45, 7) is 9.47. The van der Waals surface area contributed by atoms with Crippen LogP contribution in [0.25, 0.3) is 0 Å². The number of nitrogens with zero attached hydrogens (tertiary/aromatic N) is 3. The molecule has 1 aliphatic rings. The molecule has 1 aromatic carbocycles. The van der Waals surface area contributed by atoms with E-state index in [-0.39, 0.29) is 0 Å². The Morgan fingerprint density at radius 3 is 2.90 bits per heavy atom. The predicted molar refractivity (Wildman–Crippen MR) is 85.1 cm³/mol. The molecule has 110 valence electrons. The van der Waals surface area contributed by atoms with Crippen molar-refractivity contribution in [3.63, 3.8) is 0 Å². The summed E-state index contributed by atoms with van der Waals surface area (Å²) in [5.74, 6) is 1.36. The maximum atomic E-state index is 4.77. The Balaban J connectivity index is 1.75. The van der Waals surface area contributed by atoms with Gasteiger partial charge in [-0.2, -0.15) is 0 Å². The molecule has 0 saturated carbocycles. The van der Waals surface area contributed by atoms with Crippen LogP contribution >= 0.6 is 0 Å². The van der Waals surface area contributed by atoms with Crippen molar-refractivity contribution in [3.05, 3.63) is 58.7 Å². The highest BCUT2D eigenvalue weighted by atomic mass is 15.1. The Kier molecular flexibility index (Phi) is 4.02. The molecule has 0 amide bonds. The average Bonchev–Trinajstić information content (AvgIpc) is 2.46. The fourth-order valence-electron chi connectivity index (χ4n) is 2.85. The summed E-state index contributed by atoms with van der Waals surface area (Å²) in [6.07, 6.45) is 3.08. The summed E-state index contributed by atoms with van der Waals surface area (Å²) in [5.41, 5.74) is 5.25. The van der Waals surface area contributed by atoms with E-state index in [4.69, 9.17) is 4.98 Å². The molecule has 3 nitrogen and oxygen atoms in total. The number of hydrogen-bond donors (Lipinski definition) is 0. The van der Waals surface area contributed by atoms with Gasteiger partial charge in [0.1, 0.15) is 5.82 Å². The minimum atomic E-state index is 0.391. The van der Waals surface area contributed by atoms with Crippen molar-refractivity contribution in [1.29, 1.82) is 0 Å². The van der Waals surface area contributed by atoms with Gasteiger partial charge in [0.2, 0.25) is 0 Å². The number of benzene rings is 1. The molecular formula is C18H23N3. The molecule has 1 aromatic heterocycles. The fourth-order valence-corrected chi connectivity index (χ4v) is 2.85. The summed E-state index contributed by atoms with van der Waals surface area (Å²) in [7, 11) is 0. The lowest BCUT2D eigenvalue weighted by atomic mass is 10.0. The Hall–Kier alpha value is -1.74. The highest BCUT2D eigenvalue weighted by Gasteiger charge is 2.19. The summed E-state index contributed by atoms with van der Waals surface area (Å²) >= 11 is 0. The van der Waals surface area contributed by atoms with Crippen molar-refractivity contribution in [2.45, 2.75) is 46.2 Å². The number of hydrogen-bond acceptors (Lipinski definition) is 3. The molecule has 0 radical (unpaired) electrons. The van der Waals surface area contributed by atoms with Gasteiger partial charge in [-0.1, -0.05) is 43.7 Å². The van der Waals surface area contributed by atoms with Gasteiger partial charge in [-0.3, -0.25) is 4.90 Å². The van der Waals surface area contributed by atoms with Gasteiger partial charge < -0.3 is 0 Å². The second kappa shape index (κ2) is 5.94. The van der Waals surface area contributed by atoms with E-state index >= 15 is 0 Å². The molecule has 0 aliphatic carbocycles. The van der Waals surface area contributed by atoms with E-state index in [1.165, 1.54) is 22.4 Å². The lowest BCUT2D eigenvalue weighted by Crippen LogP contribution is -2.31. The minimum absolute atomic E-state index is 0.391. The molecule has 2 heterocycles. The quantitative estimate of drug-likeness (QED) is 0.862. The van der Waals surface area contributed by atoms with E-state index in [9.17, 15) is 0 Å². The molecule has 0 bridgehead atoms. The number of aromatic nitrogens is 2. The lowest BCUT2D eigenvalue weighted by molar-refractivity contribution is 0.240. The molecule has 0 N–H and O–H groups in total. The first-order valence-corrected chi connectivity index (χ1v) is 7.74. The van der Waals surface area contributed by atoms with Gasteiger partial charge in [0, 0.05) is 31.7 Å². The third-order valence-electron chi connectivity index (χ3n) is 4.05. The average molecular weight is 281 g/mol. The van der Waals surface area contributed by atoms with Crippen LogP contribution in [0, 0.1) is 6.92 Å². The zero-order valence-electron chi connectivity index (χ0n) is 13.1. The van der Waals surface area contributed by atoms with E-state index < -0.39 is 0 Å². The van der Waals surface area contributed by atoms with Crippen LogP contribution in [0.5, 0.6) is 0 Å². The lowest BCUT2D eigenvalue weighted by Gasteiger charge is -2.28. The highest BCUT2D eigenvalue weighted by Crippen LogP contribution is 2.20. The molecule has 0 fully saturated rings. The first-order chi connectivity index (χ1) is 10.1. The van der Waals surface area contributed by atoms with Gasteiger partial charge in [0.15, 0.2) is 0 Å². The Morgan fingerprint density at radius 1 is 1.29 bits per heavy atom. The number of fused-ring (bicyclic) bond motifs is 1. The van der Waals surface area contributed by atoms with Gasteiger partial charge in [-0.05, 0) is 24.5 Å². The molecule has 3 rings (SSSR count). The maximum absolute atomic E-state index is 4.77. The normalized spacial score (nSPS) is 15.2. The Labute approximate surface area is 127 Å². The largest absolute Gasteiger partial charge is 0.293 e. The second-order valence-electron chi connectivity index (χ2n) is 6.30. The molecule has 0 unspecified atom stereocenters. The highest BCUT2D eigenvalue weighted by molar-refractivity contribution is 5.24. The number of aryl methyl sites for hydroxylation is 1. The van der Waals surface area contributed by atoms with Gasteiger partial charge >= 0.3 is 0 Å². The smallest absolute Gasteiger partial charge is 0.131 e. The third-order valence-corrected chi connectivity index (χ3v) is 4.05. The summed E-state index contributed by atoms with van der Waals surface area (Å²) in [4.78, 5) is 11.7. The van der Waals surface area contributed by atoms with Crippen LogP contribution in [0.2, 0.25) is 0 Å². The monoisotopic (exact) mass is 281 g/mol. The van der Waals surface area contributed by atoms with E-state index in [0.29, 0.717) is 5.92 Å². The van der Waals surface area contributed by atoms with Crippen LogP contribution in [0.4, 0.5) is 0 Å². The van der Waals surface area contributed by atoms with Gasteiger partial charge in [-0.15, -0.1) is 0 Å². The molecule has 2 aromatic rings. The molecular weight excluding hydrogens is 258 g/mol. The molecule has 21 heavy (non-hydrogen) atoms. The van der Waals surface area contributed by atoms with Crippen molar-refractivity contribution in [1.82, 2.24) is 14.9 Å². The van der Waals surface area contributed by atoms with Gasteiger partial charge in [0.05, 0.1) is 5.69 Å². The molecule has 3 heteroatoms. The van der Waals surface area contributed by atoms with E-state index in [1.807, 2.05) is 6.20 Å². The zero-order chi connectivity index (χ0) is 14.8. The SMILES string of the molecule is Cc1cccc(CN2CCc3cnc(C(C)C)nc3C2)c1. The van der Waals surface area contributed by atoms with Crippen molar-refractivity contribution in [3.8, 4) is 0 Å². The topological polar surface area (TPSA) is 29.0 Å². The minimum Gasteiger partial charge on any atom is -0.293 e. The van der Waals surface area contributed by atoms with E-state index in [2.05, 4.69) is 54.9 Å². The van der Waals surface area contributed by atoms with Crippen LogP contribution in [0.15, 0.2) is 30.5 Å². The first kappa shape index (κ1) is 14.2. The first-order valence-electron chi connectivity index (χ1n) is 7.74. The zero-order valence-corrected chi connectivity index (χ0v) is 13.1. The van der Waals surface area contributed by atoms with Crippen LogP contribution in [0.3, 0.4) is 0 Å². The van der Waals surface area contributed by atoms with Crippen molar-refractivity contribution < 1.29 is 0 Å². The summed E-state index contributed by atoms with van der Waals surface area (Å²) < 4.78 is 0. The third kappa shape index (κ3) is 3.30. The van der Waals surface area contributed by atoms with Crippen LogP contribution in [-0.2, 0) is 19.5 Å². The second-order valence-corrected chi connectivity index (χ2v) is 6.30. The Bertz CT molecular complexity index is 634. The van der Waals surface area contributed by atoms with Crippen LogP contribution in [0.1, 0.15) is 48.0 Å². The summed E-state index contributed by atoms with van der Waals surface area (Å²) in [5, 5.41) is 0. The summed E-state index contributed by atoms with van der Waals surface area (Å²) in [6, 6.07) is 8.77. The molecule has 0 atom stereocenters. The van der Waals surface area contributed by atoms with Crippen molar-refractivity contribution in [2.75, 3.05) is 6.54 Å². The van der Waals surface area contributed by atoms with E-state index in [0.717, 1.165) is 31.9 Å². The van der Waals surface area contributed by atoms with Crippen LogP contribution < -0.4 is 0 Å². The fraction of sp³-hybridized carbons (Fsp3) is 0.444. The molecule has 1 aliphatic heterocycles. The van der Waals surface area contributed by atoms with Gasteiger partial charge in [0.25, 0.3) is 0 Å². The van der Waals surface area contributed by atoms with Gasteiger partial charge in [-0.25, -0.2) is 9.97 Å².